The van der Waals surface area contributed by atoms with Gasteiger partial charge < -0.3 is 4.90 Å². The summed E-state index contributed by atoms with van der Waals surface area (Å²) in [4.78, 5) is 17.9. The van der Waals surface area contributed by atoms with E-state index in [9.17, 15) is 13.2 Å². The first-order valence-corrected chi connectivity index (χ1v) is 8.35. The largest absolute Gasteiger partial charge is 0.340 e. The van der Waals surface area contributed by atoms with E-state index in [0.29, 0.717) is 19.5 Å². The molecular weight excluding hydrogens is 278 g/mol. The number of aromatic nitrogens is 1. The fourth-order valence-electron chi connectivity index (χ4n) is 2.48. The molecule has 0 radical (unpaired) electrons. The van der Waals surface area contributed by atoms with E-state index < -0.39 is 16.1 Å². The van der Waals surface area contributed by atoms with Crippen molar-refractivity contribution < 1.29 is 13.2 Å². The molecule has 0 aromatic carbocycles. The maximum Gasteiger partial charge on any atom is 0.241 e. The highest BCUT2D eigenvalue weighted by molar-refractivity contribution is 7.88. The summed E-state index contributed by atoms with van der Waals surface area (Å²) < 4.78 is 24.7. The topological polar surface area (TPSA) is 70.6 Å². The minimum atomic E-state index is -3.33. The van der Waals surface area contributed by atoms with Crippen molar-refractivity contribution in [1.82, 2.24) is 14.2 Å². The molecular formula is C13H19N3O3S. The van der Waals surface area contributed by atoms with E-state index in [1.165, 1.54) is 4.31 Å². The van der Waals surface area contributed by atoms with Crippen LogP contribution in [-0.2, 0) is 21.4 Å². The molecule has 0 unspecified atom stereocenters. The molecule has 1 amide bonds. The summed E-state index contributed by atoms with van der Waals surface area (Å²) in [6.45, 7) is 0.883. The van der Waals surface area contributed by atoms with Gasteiger partial charge in [0.25, 0.3) is 0 Å². The highest BCUT2D eigenvalue weighted by Gasteiger charge is 2.37. The third-order valence-corrected chi connectivity index (χ3v) is 4.75. The van der Waals surface area contributed by atoms with Crippen LogP contribution in [0.3, 0.4) is 0 Å². The van der Waals surface area contributed by atoms with E-state index in [-0.39, 0.29) is 5.91 Å². The predicted molar refractivity (Wildman–Crippen MR) is 75.3 cm³/mol. The van der Waals surface area contributed by atoms with Crippen LogP contribution in [0.15, 0.2) is 24.5 Å². The lowest BCUT2D eigenvalue weighted by Crippen LogP contribution is -2.45. The van der Waals surface area contributed by atoms with Gasteiger partial charge in [0.2, 0.25) is 15.9 Å². The zero-order valence-corrected chi connectivity index (χ0v) is 12.5. The molecule has 1 atom stereocenters. The van der Waals surface area contributed by atoms with Gasteiger partial charge >= 0.3 is 0 Å². The Bertz CT molecular complexity index is 574. The first-order valence-electron chi connectivity index (χ1n) is 6.50. The van der Waals surface area contributed by atoms with Crippen LogP contribution in [0.2, 0.25) is 0 Å². The second-order valence-corrected chi connectivity index (χ2v) is 7.02. The molecule has 0 bridgehead atoms. The van der Waals surface area contributed by atoms with E-state index >= 15 is 0 Å². The number of nitrogens with zero attached hydrogens (tertiary/aromatic N) is 3. The molecule has 20 heavy (non-hydrogen) atoms. The lowest BCUT2D eigenvalue weighted by atomic mass is 10.2. The minimum absolute atomic E-state index is 0.148. The van der Waals surface area contributed by atoms with Crippen LogP contribution in [0.1, 0.15) is 18.4 Å². The lowest BCUT2D eigenvalue weighted by molar-refractivity contribution is -0.133. The van der Waals surface area contributed by atoms with Gasteiger partial charge in [-0.2, -0.15) is 4.31 Å². The van der Waals surface area contributed by atoms with Gasteiger partial charge in [-0.3, -0.25) is 9.78 Å². The second-order valence-electron chi connectivity index (χ2n) is 5.08. The molecule has 0 N–H and O–H groups in total. The van der Waals surface area contributed by atoms with Gasteiger partial charge in [-0.15, -0.1) is 0 Å². The number of hydrogen-bond acceptors (Lipinski definition) is 4. The van der Waals surface area contributed by atoms with Crippen LogP contribution in [0, 0.1) is 0 Å². The van der Waals surface area contributed by atoms with Crippen molar-refractivity contribution in [2.75, 3.05) is 19.8 Å². The van der Waals surface area contributed by atoms with E-state index in [1.54, 1.807) is 24.3 Å². The zero-order valence-electron chi connectivity index (χ0n) is 11.7. The van der Waals surface area contributed by atoms with Gasteiger partial charge in [0.05, 0.1) is 6.26 Å². The van der Waals surface area contributed by atoms with Crippen molar-refractivity contribution in [3.8, 4) is 0 Å². The smallest absolute Gasteiger partial charge is 0.241 e. The van der Waals surface area contributed by atoms with E-state index in [0.717, 1.165) is 18.2 Å². The molecule has 0 saturated carbocycles. The quantitative estimate of drug-likeness (QED) is 0.810. The molecule has 110 valence electrons. The van der Waals surface area contributed by atoms with Gasteiger partial charge in [-0.25, -0.2) is 8.42 Å². The Morgan fingerprint density at radius 3 is 2.70 bits per heavy atom. The van der Waals surface area contributed by atoms with Crippen molar-refractivity contribution in [2.24, 2.45) is 0 Å². The van der Waals surface area contributed by atoms with Crippen LogP contribution in [-0.4, -0.2) is 54.4 Å². The van der Waals surface area contributed by atoms with Crippen LogP contribution < -0.4 is 0 Å². The molecule has 1 aliphatic rings. The fourth-order valence-corrected chi connectivity index (χ4v) is 3.60. The Kier molecular flexibility index (Phi) is 4.39. The van der Waals surface area contributed by atoms with Crippen molar-refractivity contribution >= 4 is 15.9 Å². The molecule has 1 saturated heterocycles. The Labute approximate surface area is 119 Å². The van der Waals surface area contributed by atoms with Crippen molar-refractivity contribution in [2.45, 2.75) is 25.4 Å². The van der Waals surface area contributed by atoms with E-state index in [4.69, 9.17) is 0 Å². The number of likely N-dealkylation sites (N-methyl/N-ethyl adjacent to an activating group) is 1. The predicted octanol–water partition coefficient (Wildman–Crippen LogP) is 0.464. The third kappa shape index (κ3) is 3.34. The highest BCUT2D eigenvalue weighted by atomic mass is 32.2. The number of sulfonamides is 1. The van der Waals surface area contributed by atoms with Crippen LogP contribution >= 0.6 is 0 Å². The summed E-state index contributed by atoms with van der Waals surface area (Å²) >= 11 is 0. The maximum atomic E-state index is 12.4. The van der Waals surface area contributed by atoms with Crippen LogP contribution in [0.4, 0.5) is 0 Å². The van der Waals surface area contributed by atoms with E-state index in [2.05, 4.69) is 4.98 Å². The molecule has 1 aromatic rings. The number of rotatable bonds is 4. The molecule has 2 rings (SSSR count). The van der Waals surface area contributed by atoms with Gasteiger partial charge in [0.1, 0.15) is 6.04 Å². The lowest BCUT2D eigenvalue weighted by Gasteiger charge is -2.26. The summed E-state index contributed by atoms with van der Waals surface area (Å²) in [6, 6.07) is 3.12. The van der Waals surface area contributed by atoms with Crippen molar-refractivity contribution in [1.29, 1.82) is 0 Å². The summed E-state index contributed by atoms with van der Waals surface area (Å²) in [7, 11) is -1.63. The normalized spacial score (nSPS) is 20.0. The molecule has 1 aromatic heterocycles. The molecule has 7 heteroatoms. The van der Waals surface area contributed by atoms with Crippen LogP contribution in [0.5, 0.6) is 0 Å². The number of carbonyl (C=O) groups excluding carboxylic acids is 1. The van der Waals surface area contributed by atoms with Crippen LogP contribution in [0.25, 0.3) is 0 Å². The second kappa shape index (κ2) is 5.88. The Morgan fingerprint density at radius 2 is 2.10 bits per heavy atom. The Hall–Kier alpha value is -1.47. The summed E-state index contributed by atoms with van der Waals surface area (Å²) in [6.07, 6.45) is 5.82. The molecule has 1 aliphatic heterocycles. The monoisotopic (exact) mass is 297 g/mol. The standard InChI is InChI=1S/C13H19N3O3S/c1-15(10-11-5-7-14-8-6-11)13(17)12-4-3-9-16(12)20(2,18)19/h5-8,12H,3-4,9-10H2,1-2H3/t12-/m1/s1. The summed E-state index contributed by atoms with van der Waals surface area (Å²) in [5.74, 6) is -0.148. The van der Waals surface area contributed by atoms with Gasteiger partial charge in [0, 0.05) is 32.5 Å². The van der Waals surface area contributed by atoms with E-state index in [1.807, 2.05) is 12.1 Å². The molecule has 0 aliphatic carbocycles. The SMILES string of the molecule is CN(Cc1ccncc1)C(=O)[C@H]1CCCN1S(C)(=O)=O. The Balaban J connectivity index is 2.07. The Morgan fingerprint density at radius 1 is 1.45 bits per heavy atom. The minimum Gasteiger partial charge on any atom is -0.340 e. The molecule has 0 spiro atoms. The average Bonchev–Trinajstić information content (AvgIpc) is 2.88. The van der Waals surface area contributed by atoms with Gasteiger partial charge in [0.15, 0.2) is 0 Å². The van der Waals surface area contributed by atoms with Crippen molar-refractivity contribution in [3.05, 3.63) is 30.1 Å². The molecule has 2 heterocycles. The zero-order chi connectivity index (χ0) is 14.8. The van der Waals surface area contributed by atoms with Crippen molar-refractivity contribution in [3.63, 3.8) is 0 Å². The number of hydrogen-bond donors (Lipinski definition) is 0. The first kappa shape index (κ1) is 14.9. The highest BCUT2D eigenvalue weighted by Crippen LogP contribution is 2.22. The average molecular weight is 297 g/mol. The molecule has 1 fully saturated rings. The third-order valence-electron chi connectivity index (χ3n) is 3.46. The maximum absolute atomic E-state index is 12.4. The summed E-state index contributed by atoms with van der Waals surface area (Å²) in [5, 5.41) is 0. The van der Waals surface area contributed by atoms with Gasteiger partial charge in [-0.1, -0.05) is 0 Å². The first-order chi connectivity index (χ1) is 9.39. The summed E-state index contributed by atoms with van der Waals surface area (Å²) in [5.41, 5.74) is 0.972. The number of carbonyl (C=O) groups is 1. The van der Waals surface area contributed by atoms with Gasteiger partial charge in [-0.05, 0) is 30.5 Å². The number of pyridine rings is 1. The fraction of sp³-hybridized carbons (Fsp3) is 0.538. The molecule has 6 nitrogen and oxygen atoms in total. The number of amides is 1.